The molecule has 19 heteroatoms. The fourth-order valence-electron chi connectivity index (χ4n) is 5.26. The van der Waals surface area contributed by atoms with Gasteiger partial charge in [0.2, 0.25) is 10.0 Å². The largest absolute Gasteiger partial charge is 0.619 e. The molecule has 5 rings (SSSR count). The van der Waals surface area contributed by atoms with E-state index in [0.717, 1.165) is 38.1 Å². The molecule has 0 bridgehead atoms. The third-order valence-corrected chi connectivity index (χ3v) is 10.2. The van der Waals surface area contributed by atoms with E-state index in [1.165, 1.54) is 36.4 Å². The Bertz CT molecular complexity index is 2030. The molecule has 2 aliphatic carbocycles. The second kappa shape index (κ2) is 18.8. The van der Waals surface area contributed by atoms with Crippen molar-refractivity contribution in [3.05, 3.63) is 80.7 Å². The minimum Gasteiger partial charge on any atom is -0.619 e. The van der Waals surface area contributed by atoms with Crippen molar-refractivity contribution in [1.82, 2.24) is 0 Å². The summed E-state index contributed by atoms with van der Waals surface area (Å²) in [6, 6.07) is 7.93. The number of nitrogens with one attached hydrogen (secondary N) is 1. The van der Waals surface area contributed by atoms with Crippen LogP contribution in [0.15, 0.2) is 48.8 Å². The van der Waals surface area contributed by atoms with E-state index in [0.29, 0.717) is 10.3 Å². The lowest BCUT2D eigenvalue weighted by atomic mass is 10.0. The lowest BCUT2D eigenvalue weighted by Gasteiger charge is -2.21. The van der Waals surface area contributed by atoms with Crippen LogP contribution in [0, 0.1) is 17.0 Å². The fraction of sp³-hybridized carbons (Fsp3) is 0.474. The number of hydrogen-bond donors (Lipinski definition) is 1. The van der Waals surface area contributed by atoms with Crippen LogP contribution in [0.2, 0.25) is 10.0 Å². The van der Waals surface area contributed by atoms with Gasteiger partial charge in [0.05, 0.1) is 30.9 Å². The molecule has 57 heavy (non-hydrogen) atoms. The molecule has 2 aliphatic rings. The number of pyridine rings is 1. The van der Waals surface area contributed by atoms with Crippen molar-refractivity contribution in [2.24, 2.45) is 11.8 Å². The summed E-state index contributed by atoms with van der Waals surface area (Å²) in [6.07, 6.45) is 4.16. The average molecular weight is 860 g/mol. The van der Waals surface area contributed by atoms with Crippen LogP contribution in [0.4, 0.5) is 14.5 Å². The molecule has 0 amide bonds. The first-order valence-electron chi connectivity index (χ1n) is 18.0. The molecule has 310 valence electrons. The summed E-state index contributed by atoms with van der Waals surface area (Å²) in [5.74, 6) is -3.25. The van der Waals surface area contributed by atoms with Crippen LogP contribution in [-0.4, -0.2) is 64.1 Å². The fourth-order valence-corrected chi connectivity index (χ4v) is 6.81. The van der Waals surface area contributed by atoms with Crippen molar-refractivity contribution in [3.8, 4) is 17.2 Å². The number of aromatic nitrogens is 1. The van der Waals surface area contributed by atoms with Crippen molar-refractivity contribution in [3.63, 3.8) is 0 Å². The normalized spacial score (nSPS) is 14.7. The number of nitrogens with zero attached hydrogens (tertiary/aromatic N) is 1. The molecule has 1 atom stereocenters. The van der Waals surface area contributed by atoms with Crippen molar-refractivity contribution in [2.75, 3.05) is 30.3 Å². The average Bonchev–Trinajstić information content (AvgIpc) is 4.03. The molecule has 0 spiro atoms. The number of ether oxygens (including phenoxy) is 6. The summed E-state index contributed by atoms with van der Waals surface area (Å²) in [7, 11) is -4.22. The van der Waals surface area contributed by atoms with E-state index in [1.807, 2.05) is 0 Å². The summed E-state index contributed by atoms with van der Waals surface area (Å²) < 4.78 is 87.2. The van der Waals surface area contributed by atoms with Crippen molar-refractivity contribution in [1.29, 1.82) is 0 Å². The Morgan fingerprint density at radius 2 is 1.54 bits per heavy atom. The summed E-state index contributed by atoms with van der Waals surface area (Å²) in [4.78, 5) is 38.5. The third kappa shape index (κ3) is 14.1. The van der Waals surface area contributed by atoms with Crippen LogP contribution < -0.4 is 23.7 Å². The zero-order valence-corrected chi connectivity index (χ0v) is 33.6. The van der Waals surface area contributed by atoms with Crippen LogP contribution in [0.1, 0.15) is 80.5 Å². The second-order valence-corrected chi connectivity index (χ2v) is 17.1. The summed E-state index contributed by atoms with van der Waals surface area (Å²) in [5, 5.41) is 11.8. The Kier molecular flexibility index (Phi) is 14.3. The summed E-state index contributed by atoms with van der Waals surface area (Å²) >= 11 is 12.6. The van der Waals surface area contributed by atoms with Crippen LogP contribution in [0.5, 0.6) is 17.2 Å². The number of halogens is 4. The Morgan fingerprint density at radius 3 is 2.14 bits per heavy atom. The Morgan fingerprint density at radius 1 is 0.912 bits per heavy atom. The lowest BCUT2D eigenvalue weighted by molar-refractivity contribution is -0.605. The maximum atomic E-state index is 13.2. The summed E-state index contributed by atoms with van der Waals surface area (Å²) in [6.45, 7) is 1.78. The Hall–Kier alpha value is -4.61. The van der Waals surface area contributed by atoms with Gasteiger partial charge in [0.25, 0.3) is 0 Å². The molecule has 1 heterocycles. The molecule has 1 N–H and O–H groups in total. The van der Waals surface area contributed by atoms with Crippen molar-refractivity contribution in [2.45, 2.75) is 77.6 Å². The highest BCUT2D eigenvalue weighted by Crippen LogP contribution is 2.38. The molecule has 2 fully saturated rings. The molecular formula is C38H42Cl2F2N2O12S. The Balaban J connectivity index is 1.27. The van der Waals surface area contributed by atoms with Gasteiger partial charge >= 0.3 is 24.5 Å². The van der Waals surface area contributed by atoms with Crippen LogP contribution in [0.3, 0.4) is 0 Å². The molecule has 0 aliphatic heterocycles. The number of benzene rings is 2. The third-order valence-electron chi connectivity index (χ3n) is 8.37. The maximum Gasteiger partial charge on any atom is 0.387 e. The number of alkyl halides is 2. The van der Waals surface area contributed by atoms with Gasteiger partial charge in [0.1, 0.15) is 34.1 Å². The van der Waals surface area contributed by atoms with Crippen LogP contribution in [0.25, 0.3) is 0 Å². The van der Waals surface area contributed by atoms with Gasteiger partial charge in [-0.3, -0.25) is 14.3 Å². The van der Waals surface area contributed by atoms with Gasteiger partial charge in [0, 0.05) is 12.0 Å². The first-order chi connectivity index (χ1) is 26.8. The van der Waals surface area contributed by atoms with E-state index in [1.54, 1.807) is 20.8 Å². The minimum atomic E-state index is -4.22. The molecule has 2 aromatic carbocycles. The SMILES string of the molecule is CC(C)(C)OC(=O)CS(=O)(=O)Nc1ccc(C(=O)OCCC(=O)O[C@@H](Cc2c(Cl)c[n+]([O-])cc2Cl)c2ccc(OC(F)F)c(OCC3CC3)c2)cc1OCC1CC1. The van der Waals surface area contributed by atoms with Gasteiger partial charge in [-0.25, -0.2) is 13.2 Å². The van der Waals surface area contributed by atoms with Crippen molar-refractivity contribution >= 4 is 56.8 Å². The van der Waals surface area contributed by atoms with Crippen molar-refractivity contribution < 1.29 is 64.7 Å². The predicted octanol–water partition coefficient (Wildman–Crippen LogP) is 6.96. The minimum absolute atomic E-state index is 0.000302. The van der Waals surface area contributed by atoms with Gasteiger partial charge in [-0.1, -0.05) is 29.3 Å². The highest BCUT2D eigenvalue weighted by molar-refractivity contribution is 7.93. The van der Waals surface area contributed by atoms with E-state index >= 15 is 0 Å². The second-order valence-electron chi connectivity index (χ2n) is 14.6. The number of sulfonamides is 1. The van der Waals surface area contributed by atoms with Gasteiger partial charge < -0.3 is 33.6 Å². The van der Waals surface area contributed by atoms with E-state index in [-0.39, 0.29) is 75.6 Å². The number of hydrogen-bond acceptors (Lipinski definition) is 12. The molecule has 14 nitrogen and oxygen atoms in total. The smallest absolute Gasteiger partial charge is 0.387 e. The van der Waals surface area contributed by atoms with Gasteiger partial charge in [0.15, 0.2) is 29.6 Å². The van der Waals surface area contributed by atoms with Crippen LogP contribution in [-0.2, 0) is 40.2 Å². The molecule has 1 aromatic heterocycles. The van der Waals surface area contributed by atoms with E-state index in [2.05, 4.69) is 9.46 Å². The number of rotatable bonds is 20. The Labute approximate surface area is 338 Å². The monoisotopic (exact) mass is 858 g/mol. The van der Waals surface area contributed by atoms with E-state index in [4.69, 9.17) is 46.9 Å². The lowest BCUT2D eigenvalue weighted by Crippen LogP contribution is -2.31. The molecule has 3 aromatic rings. The first-order valence-corrected chi connectivity index (χ1v) is 20.4. The van der Waals surface area contributed by atoms with E-state index < -0.39 is 65.0 Å². The van der Waals surface area contributed by atoms with Crippen LogP contribution >= 0.6 is 23.2 Å². The molecule has 0 radical (unpaired) electrons. The molecule has 2 saturated carbocycles. The van der Waals surface area contributed by atoms with E-state index in [9.17, 15) is 36.8 Å². The molecule has 0 saturated heterocycles. The summed E-state index contributed by atoms with van der Waals surface area (Å²) in [5.41, 5.74) is -0.354. The van der Waals surface area contributed by atoms with Gasteiger partial charge in [-0.05, 0) is 94.2 Å². The number of anilines is 1. The standard InChI is InChI=1S/C38H42Cl2F2N2O12S/c1-38(2,3)56-35(46)21-57(49,50)43-29-10-8-25(15-32(29)52-19-22-4-5-22)36(47)51-13-12-34(45)54-31(16-26-27(39)17-44(48)18-28(26)40)24-9-11-30(55-37(41)42)33(14-24)53-20-23-6-7-23/h8-11,14-15,17-18,22-23,31,37,43H,4-7,12-13,16,19-21H2,1-3H3/t31-/m0/s1. The quantitative estimate of drug-likeness (QED) is 0.0535. The first kappa shape index (κ1) is 43.5. The molecular weight excluding hydrogens is 817 g/mol. The zero-order valence-electron chi connectivity index (χ0n) is 31.3. The highest BCUT2D eigenvalue weighted by Gasteiger charge is 2.28. The predicted molar refractivity (Wildman–Crippen MR) is 202 cm³/mol. The van der Waals surface area contributed by atoms with Gasteiger partial charge in [-0.15, -0.1) is 0 Å². The zero-order chi connectivity index (χ0) is 41.5. The number of carbonyl (C=O) groups is 3. The highest BCUT2D eigenvalue weighted by atomic mass is 35.5. The molecule has 0 unspecified atom stereocenters. The number of carbonyl (C=O) groups excluding carboxylic acids is 3. The number of esters is 3. The topological polar surface area (TPSA) is 180 Å². The maximum absolute atomic E-state index is 13.2. The van der Waals surface area contributed by atoms with Gasteiger partial charge in [-0.2, -0.15) is 13.5 Å².